The number of aliphatic hydroxyl groups is 1. The Morgan fingerprint density at radius 3 is 2.52 bits per heavy atom. The van der Waals surface area contributed by atoms with Gasteiger partial charge in [0.25, 0.3) is 0 Å². The van der Waals surface area contributed by atoms with Gasteiger partial charge < -0.3 is 29.2 Å². The van der Waals surface area contributed by atoms with Gasteiger partial charge in [-0.15, -0.1) is 5.10 Å². The number of hydrogen-bond acceptors (Lipinski definition) is 8. The van der Waals surface area contributed by atoms with E-state index < -0.39 is 24.2 Å². The van der Waals surface area contributed by atoms with Crippen molar-refractivity contribution in [1.82, 2.24) is 24.8 Å². The molecule has 1 aromatic carbocycles. The zero-order chi connectivity index (χ0) is 31.8. The van der Waals surface area contributed by atoms with Crippen molar-refractivity contribution in [2.24, 2.45) is 23.7 Å². The minimum Gasteiger partial charge on any atom is -0.442 e. The van der Waals surface area contributed by atoms with Gasteiger partial charge in [-0.2, -0.15) is 0 Å². The molecule has 0 radical (unpaired) electrons. The minimum absolute atomic E-state index is 0.0632. The van der Waals surface area contributed by atoms with E-state index >= 15 is 4.39 Å². The van der Waals surface area contributed by atoms with Gasteiger partial charge in [0.05, 0.1) is 6.10 Å². The molecule has 1 aromatic heterocycles. The van der Waals surface area contributed by atoms with Crippen LogP contribution in [0.15, 0.2) is 29.9 Å². The van der Waals surface area contributed by atoms with Crippen LogP contribution in [0, 0.1) is 29.5 Å². The predicted molar refractivity (Wildman–Crippen MR) is 166 cm³/mol. The largest absolute Gasteiger partial charge is 0.442 e. The van der Waals surface area contributed by atoms with Crippen molar-refractivity contribution < 1.29 is 28.6 Å². The second-order valence-corrected chi connectivity index (χ2v) is 12.6. The molecule has 2 aliphatic rings. The van der Waals surface area contributed by atoms with Crippen LogP contribution in [0.1, 0.15) is 58.4 Å². The number of carbonyl (C=O) groups excluding carboxylic acids is 3. The van der Waals surface area contributed by atoms with E-state index in [9.17, 15) is 19.5 Å². The van der Waals surface area contributed by atoms with E-state index in [4.69, 9.17) is 4.74 Å². The smallest absolute Gasteiger partial charge is 0.410 e. The molecule has 0 bridgehead atoms. The number of benzene rings is 1. The lowest BCUT2D eigenvalue weighted by atomic mass is 9.86. The molecule has 0 unspecified atom stereocenters. The maximum atomic E-state index is 15.1. The Morgan fingerprint density at radius 2 is 1.86 bits per heavy atom. The Bertz CT molecular complexity index is 1350. The molecule has 10 nitrogen and oxygen atoms in total. The van der Waals surface area contributed by atoms with Crippen LogP contribution in [-0.2, 0) is 20.9 Å². The SMILES string of the molecule is C/C(=C\c1cc(F)c2c(c1)nnn2CC1CC1)[C@@H](C=O)[C@@H](C)/C=C/[C@H](OC(=O)N1CCN(C)CC1)[C@@H](C)CC[C@@H](O)CC=O. The van der Waals surface area contributed by atoms with Gasteiger partial charge in [0, 0.05) is 45.1 Å². The predicted octanol–water partition coefficient (Wildman–Crippen LogP) is 4.51. The summed E-state index contributed by atoms with van der Waals surface area (Å²) in [6.45, 7) is 9.06. The Kier molecular flexibility index (Phi) is 11.8. The van der Waals surface area contributed by atoms with E-state index in [2.05, 4.69) is 15.2 Å². The van der Waals surface area contributed by atoms with Crippen molar-refractivity contribution in [3.05, 3.63) is 41.2 Å². The standard InChI is InChI=1S/C33H46FN5O5/c1-22(6-10-31(23(2)5-9-27(42)11-16-40)44-33(43)38-14-12-37(4)13-15-38)28(21-41)24(3)17-26-18-29(34)32-30(19-26)35-36-39(32)20-25-7-8-25/h6,10,16-19,21-23,25,27-28,31,42H,5,7-9,11-15,20H2,1-4H3/b10-6+,24-17+/t22-,23-,27+,28-,31-/m0/s1. The van der Waals surface area contributed by atoms with Crippen LogP contribution in [-0.4, -0.2) is 94.0 Å². The van der Waals surface area contributed by atoms with Gasteiger partial charge in [0.15, 0.2) is 5.82 Å². The van der Waals surface area contributed by atoms with Crippen LogP contribution < -0.4 is 0 Å². The number of likely N-dealkylation sites (N-methyl/N-ethyl adjacent to an activating group) is 1. The van der Waals surface area contributed by atoms with E-state index in [-0.39, 0.29) is 24.1 Å². The average molecular weight is 612 g/mol. The molecule has 1 saturated heterocycles. The second kappa shape index (κ2) is 15.5. The number of hydrogen-bond donors (Lipinski definition) is 1. The molecule has 2 heterocycles. The van der Waals surface area contributed by atoms with Crippen LogP contribution in [0.2, 0.25) is 0 Å². The van der Waals surface area contributed by atoms with Crippen molar-refractivity contribution in [3.63, 3.8) is 0 Å². The molecule has 1 N–H and O–H groups in total. The zero-order valence-electron chi connectivity index (χ0n) is 26.3. The van der Waals surface area contributed by atoms with E-state index in [0.717, 1.165) is 37.8 Å². The number of rotatable bonds is 15. The molecule has 44 heavy (non-hydrogen) atoms. The Morgan fingerprint density at radius 1 is 1.14 bits per heavy atom. The summed E-state index contributed by atoms with van der Waals surface area (Å²) in [5, 5.41) is 18.4. The Labute approximate surface area is 258 Å². The molecule has 1 aliphatic carbocycles. The van der Waals surface area contributed by atoms with E-state index in [1.807, 2.05) is 40.0 Å². The van der Waals surface area contributed by atoms with Gasteiger partial charge in [-0.3, -0.25) is 0 Å². The number of amides is 1. The fourth-order valence-electron chi connectivity index (χ4n) is 5.62. The number of aromatic nitrogens is 3. The summed E-state index contributed by atoms with van der Waals surface area (Å²) in [7, 11) is 2.01. The molecule has 0 spiro atoms. The summed E-state index contributed by atoms with van der Waals surface area (Å²) in [5.41, 5.74) is 2.25. The number of aldehydes is 2. The third kappa shape index (κ3) is 9.04. The summed E-state index contributed by atoms with van der Waals surface area (Å²) in [6.07, 6.45) is 8.63. The zero-order valence-corrected chi connectivity index (χ0v) is 26.3. The number of fused-ring (bicyclic) bond motifs is 1. The van der Waals surface area contributed by atoms with Crippen molar-refractivity contribution in [2.75, 3.05) is 33.2 Å². The van der Waals surface area contributed by atoms with E-state index in [0.29, 0.717) is 61.3 Å². The molecule has 1 aliphatic heterocycles. The van der Waals surface area contributed by atoms with Gasteiger partial charge in [-0.1, -0.05) is 36.8 Å². The first-order valence-corrected chi connectivity index (χ1v) is 15.7. The topological polar surface area (TPSA) is 118 Å². The molecular formula is C33H46FN5O5. The number of carbonyl (C=O) groups is 3. The van der Waals surface area contributed by atoms with Crippen LogP contribution in [0.25, 0.3) is 17.1 Å². The third-order valence-corrected chi connectivity index (χ3v) is 8.83. The highest BCUT2D eigenvalue weighted by atomic mass is 19.1. The first-order chi connectivity index (χ1) is 21.1. The molecule has 240 valence electrons. The van der Waals surface area contributed by atoms with Gasteiger partial charge >= 0.3 is 6.09 Å². The number of halogens is 1. The van der Waals surface area contributed by atoms with Crippen LogP contribution >= 0.6 is 0 Å². The van der Waals surface area contributed by atoms with Crippen LogP contribution in [0.4, 0.5) is 9.18 Å². The highest BCUT2D eigenvalue weighted by molar-refractivity contribution is 5.79. The van der Waals surface area contributed by atoms with Gasteiger partial charge in [0.1, 0.15) is 29.7 Å². The molecule has 5 atom stereocenters. The van der Waals surface area contributed by atoms with E-state index in [1.165, 1.54) is 6.07 Å². The molecular weight excluding hydrogens is 565 g/mol. The number of aliphatic hydroxyl groups excluding tert-OH is 1. The number of allylic oxidation sites excluding steroid dienone is 2. The fraction of sp³-hybridized carbons (Fsp3) is 0.606. The summed E-state index contributed by atoms with van der Waals surface area (Å²) in [4.78, 5) is 39.9. The lowest BCUT2D eigenvalue weighted by Crippen LogP contribution is -2.48. The minimum atomic E-state index is -0.745. The van der Waals surface area contributed by atoms with Crippen molar-refractivity contribution >= 4 is 35.8 Å². The highest BCUT2D eigenvalue weighted by Gasteiger charge is 2.27. The van der Waals surface area contributed by atoms with Crippen LogP contribution in [0.3, 0.4) is 0 Å². The molecule has 4 rings (SSSR count). The fourth-order valence-corrected chi connectivity index (χ4v) is 5.62. The van der Waals surface area contributed by atoms with Crippen LogP contribution in [0.5, 0.6) is 0 Å². The van der Waals surface area contributed by atoms with E-state index in [1.54, 1.807) is 21.7 Å². The molecule has 2 fully saturated rings. The van der Waals surface area contributed by atoms with Gasteiger partial charge in [-0.05, 0) is 81.2 Å². The lowest BCUT2D eigenvalue weighted by molar-refractivity contribution is -0.111. The summed E-state index contributed by atoms with van der Waals surface area (Å²) < 4.78 is 22.7. The van der Waals surface area contributed by atoms with Crippen molar-refractivity contribution in [1.29, 1.82) is 0 Å². The highest BCUT2D eigenvalue weighted by Crippen LogP contribution is 2.32. The monoisotopic (exact) mass is 611 g/mol. The molecule has 1 amide bonds. The summed E-state index contributed by atoms with van der Waals surface area (Å²) >= 11 is 0. The Balaban J connectivity index is 1.47. The van der Waals surface area contributed by atoms with Gasteiger partial charge in [-0.25, -0.2) is 13.9 Å². The molecule has 11 heteroatoms. The maximum absolute atomic E-state index is 15.1. The third-order valence-electron chi connectivity index (χ3n) is 8.83. The average Bonchev–Trinajstić information content (AvgIpc) is 3.72. The number of ether oxygens (including phenoxy) is 1. The van der Waals surface area contributed by atoms with Crippen molar-refractivity contribution in [2.45, 2.75) is 71.6 Å². The first kappa shape index (κ1) is 33.5. The van der Waals surface area contributed by atoms with Gasteiger partial charge in [0.2, 0.25) is 0 Å². The quantitative estimate of drug-likeness (QED) is 0.231. The molecule has 2 aromatic rings. The summed E-state index contributed by atoms with van der Waals surface area (Å²) in [6, 6.07) is 3.24. The number of nitrogens with zero attached hydrogens (tertiary/aromatic N) is 5. The second-order valence-electron chi connectivity index (χ2n) is 12.6. The number of piperazine rings is 1. The Hall–Kier alpha value is -3.44. The normalized spacial score (nSPS) is 20.0. The lowest BCUT2D eigenvalue weighted by Gasteiger charge is -2.33. The summed E-state index contributed by atoms with van der Waals surface area (Å²) in [5.74, 6) is -0.717. The molecule has 1 saturated carbocycles. The maximum Gasteiger partial charge on any atom is 0.410 e. The first-order valence-electron chi connectivity index (χ1n) is 15.7. The van der Waals surface area contributed by atoms with Crippen molar-refractivity contribution in [3.8, 4) is 0 Å².